The first-order valence-electron chi connectivity index (χ1n) is 6.23. The number of aromatic nitrogens is 2. The van der Waals surface area contributed by atoms with Gasteiger partial charge >= 0.3 is 0 Å². The van der Waals surface area contributed by atoms with Gasteiger partial charge in [0.05, 0.1) is 0 Å². The van der Waals surface area contributed by atoms with Crippen molar-refractivity contribution < 1.29 is 4.79 Å². The van der Waals surface area contributed by atoms with Crippen molar-refractivity contribution in [3.05, 3.63) is 58.7 Å². The van der Waals surface area contributed by atoms with E-state index in [1.54, 1.807) is 6.92 Å². The molecule has 0 aliphatic carbocycles. The van der Waals surface area contributed by atoms with E-state index in [4.69, 9.17) is 0 Å². The molecular formula is C16H20N2O. The molecule has 3 nitrogen and oxygen atoms in total. The molecule has 0 radical (unpaired) electrons. The number of hydrogen-bond donors (Lipinski definition) is 0. The summed E-state index contributed by atoms with van der Waals surface area (Å²) in [6, 6.07) is 5.77. The van der Waals surface area contributed by atoms with Gasteiger partial charge in [-0.15, -0.1) is 0 Å². The number of aryl methyl sites for hydroxylation is 4. The summed E-state index contributed by atoms with van der Waals surface area (Å²) < 4.78 is 0. The van der Waals surface area contributed by atoms with Crippen LogP contribution in [0.4, 0.5) is 0 Å². The zero-order valence-corrected chi connectivity index (χ0v) is 12.2. The average Bonchev–Trinajstić information content (AvgIpc) is 2.37. The van der Waals surface area contributed by atoms with Crippen molar-refractivity contribution in [2.45, 2.75) is 34.6 Å². The topological polar surface area (TPSA) is 42.9 Å². The lowest BCUT2D eigenvalue weighted by molar-refractivity contribution is 0.101. The quantitative estimate of drug-likeness (QED) is 0.732. The van der Waals surface area contributed by atoms with Crippen LogP contribution in [-0.4, -0.2) is 15.8 Å². The molecule has 19 heavy (non-hydrogen) atoms. The summed E-state index contributed by atoms with van der Waals surface area (Å²) in [5.74, 6) is 0.962. The Labute approximate surface area is 114 Å². The molecular weight excluding hydrogens is 236 g/mol. The number of ketones is 1. The van der Waals surface area contributed by atoms with Crippen molar-refractivity contribution in [1.29, 1.82) is 0 Å². The number of nitrogens with zero attached hydrogens (tertiary/aromatic N) is 2. The van der Waals surface area contributed by atoms with Gasteiger partial charge in [0.1, 0.15) is 5.82 Å². The lowest BCUT2D eigenvalue weighted by atomic mass is 10.0. The van der Waals surface area contributed by atoms with Crippen LogP contribution < -0.4 is 0 Å². The van der Waals surface area contributed by atoms with Crippen molar-refractivity contribution in [3.8, 4) is 0 Å². The molecule has 0 saturated heterocycles. The summed E-state index contributed by atoms with van der Waals surface area (Å²) in [5.41, 5.74) is 4.32. The molecule has 100 valence electrons. The second kappa shape index (κ2) is 6.78. The molecule has 0 unspecified atom stereocenters. The maximum atomic E-state index is 10.9. The van der Waals surface area contributed by atoms with E-state index in [-0.39, 0.29) is 5.78 Å². The van der Waals surface area contributed by atoms with E-state index in [2.05, 4.69) is 9.97 Å². The average molecular weight is 256 g/mol. The first-order chi connectivity index (χ1) is 8.90. The van der Waals surface area contributed by atoms with E-state index in [1.807, 2.05) is 58.3 Å². The van der Waals surface area contributed by atoms with Gasteiger partial charge in [0.15, 0.2) is 5.78 Å². The van der Waals surface area contributed by atoms with E-state index in [1.165, 1.54) is 11.1 Å². The number of carbonyl (C=O) groups excluding carboxylic acids is 1. The van der Waals surface area contributed by atoms with Crippen molar-refractivity contribution in [2.24, 2.45) is 0 Å². The maximum absolute atomic E-state index is 10.9. The first-order valence-corrected chi connectivity index (χ1v) is 6.23. The minimum absolute atomic E-state index is 0.133. The minimum Gasteiger partial charge on any atom is -0.295 e. The molecule has 0 aliphatic rings. The number of hydrogen-bond acceptors (Lipinski definition) is 3. The van der Waals surface area contributed by atoms with Crippen LogP contribution in [-0.2, 0) is 0 Å². The monoisotopic (exact) mass is 256 g/mol. The normalized spacial score (nSPS) is 9.53. The summed E-state index contributed by atoms with van der Waals surface area (Å²) in [5, 5.41) is 0. The molecule has 0 fully saturated rings. The number of Topliss-reactive ketones (excluding diaryl/α,β-unsaturated/α-hetero) is 1. The second-order valence-corrected chi connectivity index (χ2v) is 4.66. The first kappa shape index (κ1) is 15.0. The highest BCUT2D eigenvalue weighted by atomic mass is 16.1. The van der Waals surface area contributed by atoms with Crippen molar-refractivity contribution in [1.82, 2.24) is 9.97 Å². The number of rotatable bonds is 1. The molecule has 0 N–H and O–H groups in total. The summed E-state index contributed by atoms with van der Waals surface area (Å²) in [7, 11) is 0. The zero-order chi connectivity index (χ0) is 14.4. The SMILES string of the molecule is CC(=O)c1ccc(C)c(C)c1.Cc1cnc(C)nc1. The Hall–Kier alpha value is -2.03. The molecule has 0 aliphatic heterocycles. The van der Waals surface area contributed by atoms with Crippen molar-refractivity contribution >= 4 is 5.78 Å². The maximum Gasteiger partial charge on any atom is 0.159 e. The van der Waals surface area contributed by atoms with Gasteiger partial charge in [-0.2, -0.15) is 0 Å². The van der Waals surface area contributed by atoms with Crippen molar-refractivity contribution in [3.63, 3.8) is 0 Å². The highest BCUT2D eigenvalue weighted by molar-refractivity contribution is 5.94. The predicted molar refractivity (Wildman–Crippen MR) is 77.4 cm³/mol. The smallest absolute Gasteiger partial charge is 0.159 e. The van der Waals surface area contributed by atoms with Gasteiger partial charge in [0.2, 0.25) is 0 Å². The molecule has 1 aromatic heterocycles. The van der Waals surface area contributed by atoms with Gasteiger partial charge in [-0.3, -0.25) is 4.79 Å². The van der Waals surface area contributed by atoms with Crippen LogP contribution in [0.1, 0.15) is 39.8 Å². The van der Waals surface area contributed by atoms with E-state index in [9.17, 15) is 4.79 Å². The standard InChI is InChI=1S/C10H12O.C6H8N2/c1-7-4-5-10(9(3)11)6-8(7)2;1-5-3-7-6(2)8-4-5/h4-6H,1-3H3;3-4H,1-2H3. The van der Waals surface area contributed by atoms with Crippen molar-refractivity contribution in [2.75, 3.05) is 0 Å². The van der Waals surface area contributed by atoms with Crippen LogP contribution in [0.3, 0.4) is 0 Å². The van der Waals surface area contributed by atoms with Gasteiger partial charge < -0.3 is 0 Å². The lowest BCUT2D eigenvalue weighted by Crippen LogP contribution is -1.93. The summed E-state index contributed by atoms with van der Waals surface area (Å²) in [4.78, 5) is 18.8. The van der Waals surface area contributed by atoms with Gasteiger partial charge in [-0.05, 0) is 57.4 Å². The van der Waals surface area contributed by atoms with Crippen LogP contribution in [0.2, 0.25) is 0 Å². The number of carbonyl (C=O) groups is 1. The Balaban J connectivity index is 0.000000200. The molecule has 1 heterocycles. The highest BCUT2D eigenvalue weighted by Gasteiger charge is 1.99. The fourth-order valence-corrected chi connectivity index (χ4v) is 1.42. The Morgan fingerprint density at radius 3 is 1.95 bits per heavy atom. The van der Waals surface area contributed by atoms with Crippen LogP contribution in [0.25, 0.3) is 0 Å². The molecule has 1 aromatic carbocycles. The van der Waals surface area contributed by atoms with Gasteiger partial charge in [0.25, 0.3) is 0 Å². The van der Waals surface area contributed by atoms with Gasteiger partial charge in [-0.1, -0.05) is 12.1 Å². The molecule has 0 bridgehead atoms. The molecule has 2 rings (SSSR count). The Bertz CT molecular complexity index is 538. The third-order valence-electron chi connectivity index (χ3n) is 2.82. The van der Waals surface area contributed by atoms with E-state index >= 15 is 0 Å². The minimum atomic E-state index is 0.133. The zero-order valence-electron chi connectivity index (χ0n) is 12.2. The van der Waals surface area contributed by atoms with E-state index < -0.39 is 0 Å². The Kier molecular flexibility index (Phi) is 5.37. The Morgan fingerprint density at radius 1 is 0.947 bits per heavy atom. The summed E-state index contributed by atoms with van der Waals surface area (Å²) >= 11 is 0. The number of benzene rings is 1. The predicted octanol–water partition coefficient (Wildman–Crippen LogP) is 3.60. The van der Waals surface area contributed by atoms with E-state index in [0.29, 0.717) is 0 Å². The largest absolute Gasteiger partial charge is 0.295 e. The second-order valence-electron chi connectivity index (χ2n) is 4.66. The fourth-order valence-electron chi connectivity index (χ4n) is 1.42. The molecule has 0 saturated carbocycles. The summed E-state index contributed by atoms with van der Waals surface area (Å²) in [6.07, 6.45) is 3.62. The van der Waals surface area contributed by atoms with Gasteiger partial charge in [-0.25, -0.2) is 9.97 Å². The Morgan fingerprint density at radius 2 is 1.53 bits per heavy atom. The van der Waals surface area contributed by atoms with Crippen LogP contribution in [0.15, 0.2) is 30.6 Å². The fraction of sp³-hybridized carbons (Fsp3) is 0.312. The van der Waals surface area contributed by atoms with Crippen LogP contribution >= 0.6 is 0 Å². The van der Waals surface area contributed by atoms with Crippen LogP contribution in [0.5, 0.6) is 0 Å². The molecule has 0 spiro atoms. The molecule has 0 amide bonds. The highest BCUT2D eigenvalue weighted by Crippen LogP contribution is 2.09. The third kappa shape index (κ3) is 5.00. The molecule has 0 atom stereocenters. The van der Waals surface area contributed by atoms with Crippen LogP contribution in [0, 0.1) is 27.7 Å². The third-order valence-corrected chi connectivity index (χ3v) is 2.82. The lowest BCUT2D eigenvalue weighted by Gasteiger charge is -2.00. The molecule has 2 aromatic rings. The summed E-state index contributed by atoms with van der Waals surface area (Å²) in [6.45, 7) is 9.49. The molecule has 3 heteroatoms. The van der Waals surface area contributed by atoms with E-state index in [0.717, 1.165) is 17.0 Å². The van der Waals surface area contributed by atoms with Gasteiger partial charge in [0, 0.05) is 18.0 Å².